The first-order chi connectivity index (χ1) is 8.90. The first-order valence-electron chi connectivity index (χ1n) is 6.58. The Bertz CT molecular complexity index is 449. The molecule has 0 fully saturated rings. The third-order valence-electron chi connectivity index (χ3n) is 2.85. The molecule has 0 aliphatic carbocycles. The summed E-state index contributed by atoms with van der Waals surface area (Å²) in [5, 5.41) is 5.52. The van der Waals surface area contributed by atoms with Gasteiger partial charge in [0.1, 0.15) is 6.42 Å². The van der Waals surface area contributed by atoms with E-state index in [4.69, 9.17) is 0 Å². The maximum Gasteiger partial charge on any atom is 0.233 e. The molecule has 2 N–H and O–H groups in total. The summed E-state index contributed by atoms with van der Waals surface area (Å²) in [7, 11) is 0. The fourth-order valence-electron chi connectivity index (χ4n) is 1.83. The molecule has 0 heterocycles. The Labute approximate surface area is 114 Å². The molecule has 1 unspecified atom stereocenters. The zero-order valence-corrected chi connectivity index (χ0v) is 12.0. The van der Waals surface area contributed by atoms with Crippen molar-refractivity contribution in [3.8, 4) is 0 Å². The van der Waals surface area contributed by atoms with Crippen molar-refractivity contribution in [2.45, 2.75) is 46.6 Å². The zero-order valence-electron chi connectivity index (χ0n) is 12.0. The Morgan fingerprint density at radius 2 is 1.68 bits per heavy atom. The molecule has 0 bridgehead atoms. The van der Waals surface area contributed by atoms with Crippen LogP contribution in [0.1, 0.15) is 37.8 Å². The van der Waals surface area contributed by atoms with E-state index in [1.54, 1.807) is 0 Å². The first-order valence-corrected chi connectivity index (χ1v) is 6.58. The van der Waals surface area contributed by atoms with Crippen LogP contribution < -0.4 is 10.6 Å². The molecular weight excluding hydrogens is 240 g/mol. The quantitative estimate of drug-likeness (QED) is 0.801. The second-order valence-corrected chi connectivity index (χ2v) is 4.98. The largest absolute Gasteiger partial charge is 0.353 e. The van der Waals surface area contributed by atoms with Crippen molar-refractivity contribution >= 4 is 17.5 Å². The molecule has 1 rings (SSSR count). The van der Waals surface area contributed by atoms with Gasteiger partial charge >= 0.3 is 0 Å². The van der Waals surface area contributed by atoms with Crippen LogP contribution in [0.3, 0.4) is 0 Å². The maximum absolute atomic E-state index is 11.7. The Balaban J connectivity index is 2.53. The zero-order chi connectivity index (χ0) is 14.4. The number of rotatable bonds is 5. The number of carbonyl (C=O) groups is 2. The number of nitrogens with one attached hydrogen (secondary N) is 2. The predicted molar refractivity (Wildman–Crippen MR) is 77.1 cm³/mol. The number of aryl methyl sites for hydroxylation is 2. The highest BCUT2D eigenvalue weighted by atomic mass is 16.2. The molecule has 0 radical (unpaired) electrons. The summed E-state index contributed by atoms with van der Waals surface area (Å²) in [5.41, 5.74) is 2.90. The summed E-state index contributed by atoms with van der Waals surface area (Å²) in [5.74, 6) is -0.526. The molecule has 0 aliphatic rings. The minimum absolute atomic E-state index is 0.0986. The molecule has 0 aromatic heterocycles. The van der Waals surface area contributed by atoms with E-state index in [1.807, 2.05) is 45.9 Å². The summed E-state index contributed by atoms with van der Waals surface area (Å²) in [6.45, 7) is 7.84. The second-order valence-electron chi connectivity index (χ2n) is 4.98. The van der Waals surface area contributed by atoms with E-state index in [-0.39, 0.29) is 24.3 Å². The van der Waals surface area contributed by atoms with Gasteiger partial charge in [-0.3, -0.25) is 9.59 Å². The van der Waals surface area contributed by atoms with Crippen LogP contribution in [0.4, 0.5) is 5.69 Å². The van der Waals surface area contributed by atoms with E-state index < -0.39 is 0 Å². The highest BCUT2D eigenvalue weighted by Gasteiger charge is 2.11. The van der Waals surface area contributed by atoms with Gasteiger partial charge in [0.2, 0.25) is 11.8 Å². The lowest BCUT2D eigenvalue weighted by Gasteiger charge is -2.11. The van der Waals surface area contributed by atoms with Crippen molar-refractivity contribution in [2.24, 2.45) is 0 Å². The van der Waals surface area contributed by atoms with Gasteiger partial charge in [0.15, 0.2) is 0 Å². The van der Waals surface area contributed by atoms with E-state index in [9.17, 15) is 9.59 Å². The number of benzene rings is 1. The Morgan fingerprint density at radius 3 is 2.21 bits per heavy atom. The van der Waals surface area contributed by atoms with Crippen molar-refractivity contribution in [3.63, 3.8) is 0 Å². The lowest BCUT2D eigenvalue weighted by molar-refractivity contribution is -0.127. The summed E-state index contributed by atoms with van der Waals surface area (Å²) in [6.07, 6.45) is 0.710. The number of carbonyl (C=O) groups excluding carboxylic acids is 2. The Hall–Kier alpha value is -1.84. The van der Waals surface area contributed by atoms with E-state index >= 15 is 0 Å². The molecule has 1 aromatic rings. The van der Waals surface area contributed by atoms with E-state index in [0.717, 1.165) is 23.2 Å². The molecule has 0 aliphatic heterocycles. The molecule has 104 valence electrons. The fraction of sp³-hybridized carbons (Fsp3) is 0.467. The molecule has 19 heavy (non-hydrogen) atoms. The average Bonchev–Trinajstić information content (AvgIpc) is 2.26. The number of hydrogen-bond acceptors (Lipinski definition) is 2. The van der Waals surface area contributed by atoms with Crippen LogP contribution >= 0.6 is 0 Å². The molecular formula is C15H22N2O2. The van der Waals surface area contributed by atoms with Crippen LogP contribution in [0.5, 0.6) is 0 Å². The highest BCUT2D eigenvalue weighted by molar-refractivity contribution is 6.03. The minimum Gasteiger partial charge on any atom is -0.353 e. The standard InChI is InChI=1S/C15H22N2O2/c1-5-12(4)16-14(18)9-15(19)17-13-7-10(2)6-11(3)8-13/h6-8,12H,5,9H2,1-4H3,(H,16,18)(H,17,19). The summed E-state index contributed by atoms with van der Waals surface area (Å²) in [4.78, 5) is 23.3. The van der Waals surface area contributed by atoms with E-state index in [0.29, 0.717) is 0 Å². The van der Waals surface area contributed by atoms with Gasteiger partial charge in [-0.15, -0.1) is 0 Å². The van der Waals surface area contributed by atoms with Crippen LogP contribution in [0.25, 0.3) is 0 Å². The molecule has 1 atom stereocenters. The van der Waals surface area contributed by atoms with Crippen molar-refractivity contribution in [1.29, 1.82) is 0 Å². The van der Waals surface area contributed by atoms with Gasteiger partial charge in [-0.05, 0) is 50.5 Å². The molecule has 1 aromatic carbocycles. The third-order valence-corrected chi connectivity index (χ3v) is 2.85. The molecule has 2 amide bonds. The third kappa shape index (κ3) is 5.55. The summed E-state index contributed by atoms with van der Waals surface area (Å²) >= 11 is 0. The van der Waals surface area contributed by atoms with Gasteiger partial charge in [-0.1, -0.05) is 13.0 Å². The van der Waals surface area contributed by atoms with Crippen molar-refractivity contribution in [2.75, 3.05) is 5.32 Å². The van der Waals surface area contributed by atoms with Crippen molar-refractivity contribution in [3.05, 3.63) is 29.3 Å². The van der Waals surface area contributed by atoms with Gasteiger partial charge in [-0.25, -0.2) is 0 Å². The van der Waals surface area contributed by atoms with Crippen molar-refractivity contribution in [1.82, 2.24) is 5.32 Å². The molecule has 4 heteroatoms. The molecule has 0 spiro atoms. The SMILES string of the molecule is CCC(C)NC(=O)CC(=O)Nc1cc(C)cc(C)c1. The number of amides is 2. The topological polar surface area (TPSA) is 58.2 Å². The number of hydrogen-bond donors (Lipinski definition) is 2. The molecule has 0 saturated carbocycles. The summed E-state index contributed by atoms with van der Waals surface area (Å²) in [6, 6.07) is 5.90. The van der Waals surface area contributed by atoms with Crippen LogP contribution in [-0.2, 0) is 9.59 Å². The van der Waals surface area contributed by atoms with Gasteiger partial charge in [0.25, 0.3) is 0 Å². The van der Waals surface area contributed by atoms with E-state index in [2.05, 4.69) is 10.6 Å². The lowest BCUT2D eigenvalue weighted by Crippen LogP contribution is -2.34. The monoisotopic (exact) mass is 262 g/mol. The van der Waals surface area contributed by atoms with Crippen molar-refractivity contribution < 1.29 is 9.59 Å². The predicted octanol–water partition coefficient (Wildman–Crippen LogP) is 2.55. The Kier molecular flexibility index (Phi) is 5.55. The van der Waals surface area contributed by atoms with Gasteiger partial charge < -0.3 is 10.6 Å². The van der Waals surface area contributed by atoms with Crippen LogP contribution in [0, 0.1) is 13.8 Å². The first kappa shape index (κ1) is 15.2. The molecule has 0 saturated heterocycles. The fourth-order valence-corrected chi connectivity index (χ4v) is 1.83. The van der Waals surface area contributed by atoms with E-state index in [1.165, 1.54) is 0 Å². The van der Waals surface area contributed by atoms with Crippen LogP contribution in [0.15, 0.2) is 18.2 Å². The average molecular weight is 262 g/mol. The highest BCUT2D eigenvalue weighted by Crippen LogP contribution is 2.13. The normalized spacial score (nSPS) is 11.8. The second kappa shape index (κ2) is 6.92. The lowest BCUT2D eigenvalue weighted by atomic mass is 10.1. The number of anilines is 1. The van der Waals surface area contributed by atoms with Crippen LogP contribution in [0.2, 0.25) is 0 Å². The maximum atomic E-state index is 11.7. The van der Waals surface area contributed by atoms with Gasteiger partial charge in [-0.2, -0.15) is 0 Å². The minimum atomic E-state index is -0.286. The van der Waals surface area contributed by atoms with Crippen LogP contribution in [-0.4, -0.2) is 17.9 Å². The van der Waals surface area contributed by atoms with Gasteiger partial charge in [0.05, 0.1) is 0 Å². The Morgan fingerprint density at radius 1 is 1.11 bits per heavy atom. The smallest absolute Gasteiger partial charge is 0.233 e. The molecule has 4 nitrogen and oxygen atoms in total. The summed E-state index contributed by atoms with van der Waals surface area (Å²) < 4.78 is 0. The van der Waals surface area contributed by atoms with Gasteiger partial charge in [0, 0.05) is 11.7 Å².